The van der Waals surface area contributed by atoms with E-state index in [9.17, 15) is 5.11 Å². The average Bonchev–Trinajstić information content (AvgIpc) is 2.98. The van der Waals surface area contributed by atoms with Gasteiger partial charge in [-0.3, -0.25) is 9.89 Å². The Kier molecular flexibility index (Phi) is 8.74. The third kappa shape index (κ3) is 5.77. The molecule has 1 aromatic heterocycles. The molecule has 8 nitrogen and oxygen atoms in total. The molecule has 1 aliphatic carbocycles. The number of likely N-dealkylation sites (tertiary alicyclic amines) is 1. The number of hydrogen-bond acceptors (Lipinski definition) is 5. The zero-order valence-electron chi connectivity index (χ0n) is 16.7. The second-order valence-electron chi connectivity index (χ2n) is 7.52. The topological polar surface area (TPSA) is 90.6 Å². The van der Waals surface area contributed by atoms with Crippen molar-refractivity contribution in [3.63, 3.8) is 0 Å². The summed E-state index contributed by atoms with van der Waals surface area (Å²) < 4.78 is 1.98. The van der Waals surface area contributed by atoms with Crippen LogP contribution < -0.4 is 10.6 Å². The number of hydrogen-bond donors (Lipinski definition) is 3. The molecule has 2 fully saturated rings. The lowest BCUT2D eigenvalue weighted by atomic mass is 9.89. The summed E-state index contributed by atoms with van der Waals surface area (Å²) >= 11 is 0. The highest BCUT2D eigenvalue weighted by atomic mass is 127. The fourth-order valence-electron chi connectivity index (χ4n) is 4.05. The molecule has 3 N–H and O–H groups in total. The first-order chi connectivity index (χ1) is 12.6. The normalized spacial score (nSPS) is 25.1. The van der Waals surface area contributed by atoms with E-state index in [1.165, 1.54) is 12.8 Å². The van der Waals surface area contributed by atoms with Gasteiger partial charge in [0.1, 0.15) is 5.82 Å². The molecule has 9 heteroatoms. The molecule has 154 valence electrons. The van der Waals surface area contributed by atoms with E-state index in [1.807, 2.05) is 18.5 Å². The first-order valence-electron chi connectivity index (χ1n) is 9.82. The summed E-state index contributed by atoms with van der Waals surface area (Å²) in [6, 6.07) is 0.778. The Labute approximate surface area is 179 Å². The van der Waals surface area contributed by atoms with Gasteiger partial charge in [0.15, 0.2) is 11.8 Å². The van der Waals surface area contributed by atoms with Crippen LogP contribution in [0.5, 0.6) is 0 Å². The van der Waals surface area contributed by atoms with Crippen LogP contribution in [0.1, 0.15) is 50.2 Å². The molecule has 0 radical (unpaired) electrons. The Balaban J connectivity index is 0.00000261. The highest BCUT2D eigenvalue weighted by Gasteiger charge is 2.31. The van der Waals surface area contributed by atoms with Crippen LogP contribution >= 0.6 is 24.0 Å². The van der Waals surface area contributed by atoms with E-state index < -0.39 is 0 Å². The van der Waals surface area contributed by atoms with Gasteiger partial charge in [-0.1, -0.05) is 12.8 Å². The van der Waals surface area contributed by atoms with E-state index in [-0.39, 0.29) is 30.1 Å². The van der Waals surface area contributed by atoms with Crippen LogP contribution in [0, 0.1) is 6.92 Å². The highest BCUT2D eigenvalue weighted by Crippen LogP contribution is 2.25. The van der Waals surface area contributed by atoms with E-state index in [2.05, 4.69) is 30.7 Å². The van der Waals surface area contributed by atoms with Crippen molar-refractivity contribution in [2.45, 2.75) is 70.2 Å². The number of guanidine groups is 1. The Morgan fingerprint density at radius 3 is 2.48 bits per heavy atom. The van der Waals surface area contributed by atoms with Crippen LogP contribution in [-0.4, -0.2) is 69.1 Å². The second-order valence-corrected chi connectivity index (χ2v) is 7.52. The Morgan fingerprint density at radius 1 is 1.19 bits per heavy atom. The van der Waals surface area contributed by atoms with Crippen LogP contribution in [0.15, 0.2) is 4.99 Å². The van der Waals surface area contributed by atoms with Crippen LogP contribution in [-0.2, 0) is 13.6 Å². The molecule has 0 spiro atoms. The molecule has 1 saturated heterocycles. The van der Waals surface area contributed by atoms with Crippen LogP contribution in [0.4, 0.5) is 0 Å². The summed E-state index contributed by atoms with van der Waals surface area (Å²) in [6.07, 6.45) is 6.53. The number of aliphatic hydroxyl groups excluding tert-OH is 1. The summed E-state index contributed by atoms with van der Waals surface area (Å²) in [6.45, 7) is 4.63. The number of piperidine rings is 1. The predicted octanol–water partition coefficient (Wildman–Crippen LogP) is 1.17. The fraction of sp³-hybridized carbons (Fsp3) is 0.833. The number of halogens is 1. The number of nitrogens with zero attached hydrogens (tertiary/aromatic N) is 5. The number of aryl methyl sites for hydroxylation is 1. The van der Waals surface area contributed by atoms with Crippen molar-refractivity contribution in [2.24, 2.45) is 12.0 Å². The van der Waals surface area contributed by atoms with Crippen molar-refractivity contribution in [2.75, 3.05) is 20.1 Å². The number of aliphatic hydroxyl groups is 1. The number of nitrogens with one attached hydrogen (secondary N) is 2. The molecule has 2 heterocycles. The number of aromatic nitrogens is 3. The minimum absolute atomic E-state index is 0. The van der Waals surface area contributed by atoms with Gasteiger partial charge in [-0.25, -0.2) is 0 Å². The van der Waals surface area contributed by atoms with Gasteiger partial charge in [-0.2, -0.15) is 0 Å². The van der Waals surface area contributed by atoms with Gasteiger partial charge in [0.05, 0.1) is 12.6 Å². The summed E-state index contributed by atoms with van der Waals surface area (Å²) in [5.41, 5.74) is 0. The van der Waals surface area contributed by atoms with E-state index in [1.54, 1.807) is 7.05 Å². The van der Waals surface area contributed by atoms with E-state index >= 15 is 0 Å². The van der Waals surface area contributed by atoms with E-state index in [0.717, 1.165) is 56.4 Å². The molecule has 0 amide bonds. The first-order valence-corrected chi connectivity index (χ1v) is 9.82. The molecule has 2 aliphatic rings. The van der Waals surface area contributed by atoms with Crippen molar-refractivity contribution >= 4 is 29.9 Å². The number of rotatable bonds is 4. The monoisotopic (exact) mass is 491 g/mol. The minimum atomic E-state index is -0.141. The fourth-order valence-corrected chi connectivity index (χ4v) is 4.05. The molecule has 27 heavy (non-hydrogen) atoms. The molecule has 1 saturated carbocycles. The van der Waals surface area contributed by atoms with Crippen LogP contribution in [0.3, 0.4) is 0 Å². The van der Waals surface area contributed by atoms with Crippen molar-refractivity contribution in [3.8, 4) is 0 Å². The molecule has 2 atom stereocenters. The standard InChI is InChI=1S/C18H33N7O.HI/c1-13-22-23-17(24(13)3)12-20-18(19-2)21-14-8-10-25(11-9-14)15-6-4-5-7-16(15)26;/h14-16,26H,4-12H2,1-3H3,(H2,19,20,21);1H. The van der Waals surface area contributed by atoms with Crippen LogP contribution in [0.25, 0.3) is 0 Å². The highest BCUT2D eigenvalue weighted by molar-refractivity contribution is 14.0. The summed E-state index contributed by atoms with van der Waals surface area (Å²) in [4.78, 5) is 6.82. The molecular formula is C18H34IN7O. The van der Waals surface area contributed by atoms with Gasteiger partial charge >= 0.3 is 0 Å². The maximum Gasteiger partial charge on any atom is 0.191 e. The van der Waals surface area contributed by atoms with Gasteiger partial charge in [0.2, 0.25) is 0 Å². The van der Waals surface area contributed by atoms with Crippen molar-refractivity contribution in [3.05, 3.63) is 11.6 Å². The van der Waals surface area contributed by atoms with Gasteiger partial charge in [0.25, 0.3) is 0 Å². The van der Waals surface area contributed by atoms with E-state index in [4.69, 9.17) is 0 Å². The minimum Gasteiger partial charge on any atom is -0.391 e. The lowest BCUT2D eigenvalue weighted by molar-refractivity contribution is 0.00810. The Hall–Kier alpha value is -0.940. The summed E-state index contributed by atoms with van der Waals surface area (Å²) in [5, 5.41) is 25.4. The van der Waals surface area contributed by atoms with Gasteiger partial charge in [-0.05, 0) is 32.6 Å². The second kappa shape index (κ2) is 10.6. The van der Waals surface area contributed by atoms with Gasteiger partial charge < -0.3 is 20.3 Å². The van der Waals surface area contributed by atoms with Crippen molar-refractivity contribution < 1.29 is 5.11 Å². The Morgan fingerprint density at radius 2 is 1.89 bits per heavy atom. The SMILES string of the molecule is CN=C(NCc1nnc(C)n1C)NC1CCN(C2CCCCC2O)CC1.I. The molecule has 2 unspecified atom stereocenters. The molecule has 0 aromatic carbocycles. The lowest BCUT2D eigenvalue weighted by Crippen LogP contribution is -2.53. The third-order valence-corrected chi connectivity index (χ3v) is 5.85. The van der Waals surface area contributed by atoms with Gasteiger partial charge in [-0.15, -0.1) is 34.2 Å². The Bertz CT molecular complexity index is 613. The quantitative estimate of drug-likeness (QED) is 0.333. The van der Waals surface area contributed by atoms with Crippen molar-refractivity contribution in [1.29, 1.82) is 0 Å². The third-order valence-electron chi connectivity index (χ3n) is 5.85. The lowest BCUT2D eigenvalue weighted by Gasteiger charge is -2.41. The zero-order valence-corrected chi connectivity index (χ0v) is 19.0. The van der Waals surface area contributed by atoms with Crippen molar-refractivity contribution in [1.82, 2.24) is 30.3 Å². The largest absolute Gasteiger partial charge is 0.391 e. The van der Waals surface area contributed by atoms with Crippen LogP contribution in [0.2, 0.25) is 0 Å². The maximum absolute atomic E-state index is 10.3. The van der Waals surface area contributed by atoms with E-state index in [0.29, 0.717) is 18.6 Å². The molecule has 1 aromatic rings. The molecule has 0 bridgehead atoms. The average molecular weight is 491 g/mol. The summed E-state index contributed by atoms with van der Waals surface area (Å²) in [5.74, 6) is 2.61. The molecule has 3 rings (SSSR count). The molecule has 1 aliphatic heterocycles. The van der Waals surface area contributed by atoms with Gasteiger partial charge in [0, 0.05) is 39.3 Å². The zero-order chi connectivity index (χ0) is 18.5. The number of aliphatic imine (C=N–C) groups is 1. The predicted molar refractivity (Wildman–Crippen MR) is 117 cm³/mol. The maximum atomic E-state index is 10.3. The molecular weight excluding hydrogens is 457 g/mol. The first kappa shape index (κ1) is 22.4. The smallest absolute Gasteiger partial charge is 0.191 e. The summed E-state index contributed by atoms with van der Waals surface area (Å²) in [7, 11) is 3.77.